The molecule has 1 unspecified atom stereocenters. The largest absolute Gasteiger partial charge is 0.377 e. The monoisotopic (exact) mass is 299 g/mol. The number of ether oxygens (including phenoxy) is 1. The molecule has 17 heavy (non-hydrogen) atoms. The molecule has 1 aromatic rings. The van der Waals surface area contributed by atoms with Gasteiger partial charge in [0.25, 0.3) is 0 Å². The number of halogens is 1. The van der Waals surface area contributed by atoms with Crippen LogP contribution in [0.4, 0.5) is 0 Å². The van der Waals surface area contributed by atoms with Crippen LogP contribution < -0.4 is 5.32 Å². The van der Waals surface area contributed by atoms with E-state index in [0.717, 1.165) is 4.47 Å². The second-order valence-corrected chi connectivity index (χ2v) is 5.79. The van der Waals surface area contributed by atoms with Gasteiger partial charge in [0.15, 0.2) is 0 Å². The van der Waals surface area contributed by atoms with Crippen LogP contribution in [0.2, 0.25) is 0 Å². The average Bonchev–Trinajstić information content (AvgIpc) is 2.29. The Kier molecular flexibility index (Phi) is 5.17. The minimum Gasteiger partial charge on any atom is -0.377 e. The maximum Gasteiger partial charge on any atom is 0.0772 e. The van der Waals surface area contributed by atoms with Gasteiger partial charge in [0.05, 0.1) is 5.60 Å². The summed E-state index contributed by atoms with van der Waals surface area (Å²) >= 11 is 3.58. The van der Waals surface area contributed by atoms with Gasteiger partial charge in [-0.2, -0.15) is 0 Å². The third-order valence-electron chi connectivity index (χ3n) is 3.44. The Hall–Kier alpha value is -0.380. The van der Waals surface area contributed by atoms with Crippen LogP contribution in [0.15, 0.2) is 28.7 Å². The molecule has 0 aliphatic carbocycles. The molecule has 0 heterocycles. The summed E-state index contributed by atoms with van der Waals surface area (Å²) in [6.45, 7) is 8.51. The molecule has 0 fully saturated rings. The highest BCUT2D eigenvalue weighted by Crippen LogP contribution is 2.24. The van der Waals surface area contributed by atoms with Gasteiger partial charge in [0.1, 0.15) is 0 Å². The van der Waals surface area contributed by atoms with E-state index in [2.05, 4.69) is 67.1 Å². The van der Waals surface area contributed by atoms with Crippen LogP contribution in [-0.2, 0) is 4.74 Å². The molecule has 0 spiro atoms. The van der Waals surface area contributed by atoms with Crippen LogP contribution in [0.5, 0.6) is 0 Å². The first-order valence-electron chi connectivity index (χ1n) is 5.94. The van der Waals surface area contributed by atoms with E-state index in [1.54, 1.807) is 7.11 Å². The van der Waals surface area contributed by atoms with E-state index < -0.39 is 0 Å². The fourth-order valence-electron chi connectivity index (χ4n) is 1.67. The molecule has 0 aliphatic rings. The lowest BCUT2D eigenvalue weighted by Gasteiger charge is -2.33. The van der Waals surface area contributed by atoms with Crippen molar-refractivity contribution >= 4 is 15.9 Å². The minimum absolute atomic E-state index is 0.171. The normalized spacial score (nSPS) is 15.6. The van der Waals surface area contributed by atoms with Crippen molar-refractivity contribution in [2.75, 3.05) is 7.11 Å². The average molecular weight is 300 g/mol. The third-order valence-corrected chi connectivity index (χ3v) is 4.16. The molecule has 3 heteroatoms. The van der Waals surface area contributed by atoms with Crippen LogP contribution in [0.3, 0.4) is 0 Å². The first-order valence-corrected chi connectivity index (χ1v) is 6.73. The highest BCUT2D eigenvalue weighted by molar-refractivity contribution is 9.10. The number of nitrogens with one attached hydrogen (secondary N) is 1. The highest BCUT2D eigenvalue weighted by atomic mass is 79.9. The topological polar surface area (TPSA) is 21.3 Å². The molecule has 96 valence electrons. The number of rotatable bonds is 5. The molecule has 0 aliphatic heterocycles. The smallest absolute Gasteiger partial charge is 0.0772 e. The van der Waals surface area contributed by atoms with Gasteiger partial charge in [-0.1, -0.05) is 34.1 Å². The Morgan fingerprint density at radius 1 is 1.24 bits per heavy atom. The molecule has 0 amide bonds. The van der Waals surface area contributed by atoms with Crippen molar-refractivity contribution in [1.29, 1.82) is 0 Å². The van der Waals surface area contributed by atoms with Gasteiger partial charge in [-0.25, -0.2) is 0 Å². The number of hydrogen-bond acceptors (Lipinski definition) is 2. The first-order chi connectivity index (χ1) is 7.88. The standard InChI is InChI=1S/C14H22BrNO/c1-10(12-8-6-7-9-13(12)15)16-11(2)14(3,4)17-5/h6-11,16H,1-5H3/t10-,11?/m1/s1. The summed E-state index contributed by atoms with van der Waals surface area (Å²) in [5, 5.41) is 3.57. The summed E-state index contributed by atoms with van der Waals surface area (Å²) in [4.78, 5) is 0. The zero-order chi connectivity index (χ0) is 13.1. The Morgan fingerprint density at radius 2 is 1.82 bits per heavy atom. The molecule has 2 nitrogen and oxygen atoms in total. The lowest BCUT2D eigenvalue weighted by Crippen LogP contribution is -2.46. The zero-order valence-electron chi connectivity index (χ0n) is 11.3. The summed E-state index contributed by atoms with van der Waals surface area (Å²) in [7, 11) is 1.75. The van der Waals surface area contributed by atoms with Crippen molar-refractivity contribution in [3.8, 4) is 0 Å². The van der Waals surface area contributed by atoms with Crippen LogP contribution in [0.25, 0.3) is 0 Å². The molecule has 0 radical (unpaired) electrons. The van der Waals surface area contributed by atoms with Crippen molar-refractivity contribution < 1.29 is 4.74 Å². The molecule has 1 aromatic carbocycles. The summed E-state index contributed by atoms with van der Waals surface area (Å²) in [6, 6.07) is 8.85. The quantitative estimate of drug-likeness (QED) is 0.890. The second-order valence-electron chi connectivity index (χ2n) is 4.94. The minimum atomic E-state index is -0.171. The number of hydrogen-bond donors (Lipinski definition) is 1. The van der Waals surface area contributed by atoms with Crippen LogP contribution in [0.1, 0.15) is 39.3 Å². The van der Waals surface area contributed by atoms with Crippen LogP contribution >= 0.6 is 15.9 Å². The maximum atomic E-state index is 5.49. The Bertz CT molecular complexity index is 365. The SMILES string of the molecule is COC(C)(C)C(C)N[C@H](C)c1ccccc1Br. The van der Waals surface area contributed by atoms with E-state index in [4.69, 9.17) is 4.74 Å². The number of benzene rings is 1. The van der Waals surface area contributed by atoms with Crippen molar-refractivity contribution in [1.82, 2.24) is 5.32 Å². The predicted molar refractivity (Wildman–Crippen MR) is 76.2 cm³/mol. The van der Waals surface area contributed by atoms with E-state index >= 15 is 0 Å². The molecule has 1 N–H and O–H groups in total. The van der Waals surface area contributed by atoms with Gasteiger partial charge >= 0.3 is 0 Å². The molecule has 0 saturated heterocycles. The summed E-state index contributed by atoms with van der Waals surface area (Å²) in [6.07, 6.45) is 0. The molecule has 0 aromatic heterocycles. The van der Waals surface area contributed by atoms with E-state index in [1.165, 1.54) is 5.56 Å². The number of methoxy groups -OCH3 is 1. The van der Waals surface area contributed by atoms with Gasteiger partial charge < -0.3 is 10.1 Å². The third kappa shape index (κ3) is 3.80. The van der Waals surface area contributed by atoms with Gasteiger partial charge in [-0.15, -0.1) is 0 Å². The van der Waals surface area contributed by atoms with Crippen molar-refractivity contribution in [2.45, 2.75) is 45.4 Å². The Labute approximate surface area is 113 Å². The fourth-order valence-corrected chi connectivity index (χ4v) is 2.30. The van der Waals surface area contributed by atoms with Gasteiger partial charge in [0, 0.05) is 23.7 Å². The Morgan fingerprint density at radius 3 is 2.35 bits per heavy atom. The first kappa shape index (κ1) is 14.7. The van der Waals surface area contributed by atoms with Crippen molar-refractivity contribution in [3.05, 3.63) is 34.3 Å². The van der Waals surface area contributed by atoms with E-state index in [9.17, 15) is 0 Å². The second kappa shape index (κ2) is 5.98. The predicted octanol–water partition coefficient (Wildman–Crippen LogP) is 3.91. The lowest BCUT2D eigenvalue weighted by molar-refractivity contribution is -0.00766. The molecule has 0 bridgehead atoms. The fraction of sp³-hybridized carbons (Fsp3) is 0.571. The van der Waals surface area contributed by atoms with Gasteiger partial charge in [0.2, 0.25) is 0 Å². The lowest BCUT2D eigenvalue weighted by atomic mass is 9.98. The van der Waals surface area contributed by atoms with E-state index in [1.807, 2.05) is 6.07 Å². The zero-order valence-corrected chi connectivity index (χ0v) is 12.8. The molecular formula is C14H22BrNO. The molecule has 1 rings (SSSR count). The van der Waals surface area contributed by atoms with Gasteiger partial charge in [-0.3, -0.25) is 0 Å². The summed E-state index contributed by atoms with van der Waals surface area (Å²) in [5.41, 5.74) is 1.10. The van der Waals surface area contributed by atoms with Crippen LogP contribution in [-0.4, -0.2) is 18.8 Å². The van der Waals surface area contributed by atoms with Gasteiger partial charge in [-0.05, 0) is 39.3 Å². The summed E-state index contributed by atoms with van der Waals surface area (Å²) < 4.78 is 6.63. The van der Waals surface area contributed by atoms with Crippen molar-refractivity contribution in [2.24, 2.45) is 0 Å². The summed E-state index contributed by atoms with van der Waals surface area (Å²) in [5.74, 6) is 0. The van der Waals surface area contributed by atoms with E-state index in [0.29, 0.717) is 0 Å². The van der Waals surface area contributed by atoms with Crippen LogP contribution in [0, 0.1) is 0 Å². The molecular weight excluding hydrogens is 278 g/mol. The maximum absolute atomic E-state index is 5.49. The van der Waals surface area contributed by atoms with E-state index in [-0.39, 0.29) is 17.7 Å². The Balaban J connectivity index is 2.73. The molecule has 2 atom stereocenters. The highest BCUT2D eigenvalue weighted by Gasteiger charge is 2.26. The molecule has 0 saturated carbocycles. The van der Waals surface area contributed by atoms with Crippen molar-refractivity contribution in [3.63, 3.8) is 0 Å².